The Morgan fingerprint density at radius 1 is 1.16 bits per heavy atom. The Morgan fingerprint density at radius 2 is 1.94 bits per heavy atom. The summed E-state index contributed by atoms with van der Waals surface area (Å²) < 4.78 is 16.5. The lowest BCUT2D eigenvalue weighted by Gasteiger charge is -2.23. The molecule has 0 bridgehead atoms. The number of aliphatic hydroxyl groups excluding tert-OH is 1. The molecule has 4 heterocycles. The number of hydrogen-bond acceptors (Lipinski definition) is 6. The molecule has 5 rings (SSSR count). The molecule has 7 nitrogen and oxygen atoms in total. The van der Waals surface area contributed by atoms with Crippen LogP contribution in [0, 0.1) is 12.7 Å². The van der Waals surface area contributed by atoms with Gasteiger partial charge in [0.05, 0.1) is 11.3 Å². The van der Waals surface area contributed by atoms with Crippen molar-refractivity contribution in [3.63, 3.8) is 0 Å². The summed E-state index contributed by atoms with van der Waals surface area (Å²) >= 11 is 1.14. The van der Waals surface area contributed by atoms with Gasteiger partial charge in [-0.05, 0) is 25.1 Å². The van der Waals surface area contributed by atoms with E-state index in [1.165, 1.54) is 24.4 Å². The molecule has 1 amide bonds. The number of anilines is 1. The number of aliphatic hydroxyl groups is 1. The Hall–Kier alpha value is -3.85. The Balaban J connectivity index is 1.81. The molecule has 0 saturated carbocycles. The van der Waals surface area contributed by atoms with Gasteiger partial charge in [-0.3, -0.25) is 18.9 Å². The first-order valence-electron chi connectivity index (χ1n) is 9.38. The van der Waals surface area contributed by atoms with Crippen molar-refractivity contribution in [2.45, 2.75) is 13.0 Å². The van der Waals surface area contributed by atoms with Crippen LogP contribution < -0.4 is 4.90 Å². The van der Waals surface area contributed by atoms with Crippen molar-refractivity contribution >= 4 is 39.6 Å². The predicted octanol–water partition coefficient (Wildman–Crippen LogP) is 3.86. The summed E-state index contributed by atoms with van der Waals surface area (Å²) in [7, 11) is 0. The van der Waals surface area contributed by atoms with Gasteiger partial charge in [0, 0.05) is 23.3 Å². The number of ketones is 1. The fourth-order valence-corrected chi connectivity index (χ4v) is 4.55. The summed E-state index contributed by atoms with van der Waals surface area (Å²) in [6.07, 6.45) is 3.19. The number of rotatable bonds is 3. The SMILES string of the molecule is Cc1nc2ccccn2c1/C(O)=C1\C(=O)C(=O)N(c2nccs2)C1c1ccccc1F. The highest BCUT2D eigenvalue weighted by Crippen LogP contribution is 2.43. The molecule has 3 aromatic heterocycles. The summed E-state index contributed by atoms with van der Waals surface area (Å²) in [5, 5.41) is 13.2. The molecule has 1 atom stereocenters. The van der Waals surface area contributed by atoms with Gasteiger partial charge >= 0.3 is 5.91 Å². The maximum atomic E-state index is 14.8. The van der Waals surface area contributed by atoms with Crippen LogP contribution in [0.25, 0.3) is 11.4 Å². The normalized spacial score (nSPS) is 18.3. The number of halogens is 1. The van der Waals surface area contributed by atoms with Crippen molar-refractivity contribution in [3.8, 4) is 0 Å². The van der Waals surface area contributed by atoms with Gasteiger partial charge in [0.1, 0.15) is 23.2 Å². The van der Waals surface area contributed by atoms with Crippen LogP contribution in [0.5, 0.6) is 0 Å². The van der Waals surface area contributed by atoms with Gasteiger partial charge in [-0.15, -0.1) is 11.3 Å². The second-order valence-electron chi connectivity index (χ2n) is 6.98. The van der Waals surface area contributed by atoms with Crippen molar-refractivity contribution < 1.29 is 19.1 Å². The smallest absolute Gasteiger partial charge is 0.301 e. The number of hydrogen-bond donors (Lipinski definition) is 1. The standard InChI is InChI=1S/C22H15FN4O3S/c1-12-17(26-10-5-4-8-15(26)25-12)19(28)16-18(13-6-2-3-7-14(13)23)27(21(30)20(16)29)22-24-9-11-31-22/h2-11,18,28H,1H3/b19-16+. The van der Waals surface area contributed by atoms with Gasteiger partial charge < -0.3 is 5.11 Å². The Labute approximate surface area is 179 Å². The zero-order chi connectivity index (χ0) is 21.7. The molecular weight excluding hydrogens is 419 g/mol. The first-order chi connectivity index (χ1) is 15.0. The number of imidazole rings is 1. The number of thiazole rings is 1. The number of carbonyl (C=O) groups is 2. The molecule has 1 aliphatic rings. The van der Waals surface area contributed by atoms with Crippen LogP contribution in [0.1, 0.15) is 23.0 Å². The minimum Gasteiger partial charge on any atom is -0.505 e. The first-order valence-corrected chi connectivity index (χ1v) is 10.3. The van der Waals surface area contributed by atoms with Crippen molar-refractivity contribution in [2.75, 3.05) is 4.90 Å². The van der Waals surface area contributed by atoms with E-state index in [1.807, 2.05) is 0 Å². The third-order valence-corrected chi connectivity index (χ3v) is 5.97. The Morgan fingerprint density at radius 3 is 2.68 bits per heavy atom. The van der Waals surface area contributed by atoms with Gasteiger partial charge in [-0.25, -0.2) is 14.4 Å². The van der Waals surface area contributed by atoms with E-state index < -0.39 is 29.3 Å². The van der Waals surface area contributed by atoms with E-state index in [9.17, 15) is 19.1 Å². The second kappa shape index (κ2) is 7.13. The summed E-state index contributed by atoms with van der Waals surface area (Å²) in [6.45, 7) is 1.69. The molecule has 1 saturated heterocycles. The predicted molar refractivity (Wildman–Crippen MR) is 113 cm³/mol. The third-order valence-electron chi connectivity index (χ3n) is 5.20. The third kappa shape index (κ3) is 2.85. The van der Waals surface area contributed by atoms with Crippen LogP contribution >= 0.6 is 11.3 Å². The number of amides is 1. The number of carbonyl (C=O) groups excluding carboxylic acids is 2. The van der Waals surface area contributed by atoms with Crippen LogP contribution in [0.2, 0.25) is 0 Å². The van der Waals surface area contributed by atoms with Crippen LogP contribution in [0.3, 0.4) is 0 Å². The molecule has 0 aliphatic carbocycles. The number of Topliss-reactive ketones (excluding diaryl/α,β-unsaturated/α-hetero) is 1. The molecule has 0 radical (unpaired) electrons. The maximum absolute atomic E-state index is 14.8. The number of aryl methyl sites for hydroxylation is 1. The van der Waals surface area contributed by atoms with Crippen molar-refractivity contribution in [1.82, 2.24) is 14.4 Å². The molecule has 154 valence electrons. The highest BCUT2D eigenvalue weighted by Gasteiger charge is 2.49. The topological polar surface area (TPSA) is 87.8 Å². The zero-order valence-corrected chi connectivity index (χ0v) is 17.0. The monoisotopic (exact) mass is 434 g/mol. The van der Waals surface area contributed by atoms with Crippen molar-refractivity contribution in [1.29, 1.82) is 0 Å². The average molecular weight is 434 g/mol. The van der Waals surface area contributed by atoms with E-state index in [-0.39, 0.29) is 22.0 Å². The van der Waals surface area contributed by atoms with E-state index in [1.54, 1.807) is 47.2 Å². The van der Waals surface area contributed by atoms with Crippen molar-refractivity contribution in [3.05, 3.63) is 88.6 Å². The highest BCUT2D eigenvalue weighted by atomic mass is 32.1. The summed E-state index contributed by atoms with van der Waals surface area (Å²) in [5.74, 6) is -2.80. The summed E-state index contributed by atoms with van der Waals surface area (Å²) in [6, 6.07) is 10.0. The zero-order valence-electron chi connectivity index (χ0n) is 16.2. The second-order valence-corrected chi connectivity index (χ2v) is 7.85. The molecule has 31 heavy (non-hydrogen) atoms. The largest absolute Gasteiger partial charge is 0.505 e. The molecule has 4 aromatic rings. The lowest BCUT2D eigenvalue weighted by molar-refractivity contribution is -0.132. The summed E-state index contributed by atoms with van der Waals surface area (Å²) in [4.78, 5) is 35.8. The number of fused-ring (bicyclic) bond motifs is 1. The molecule has 1 aliphatic heterocycles. The van der Waals surface area contributed by atoms with Gasteiger partial charge in [-0.1, -0.05) is 24.3 Å². The van der Waals surface area contributed by atoms with E-state index in [2.05, 4.69) is 9.97 Å². The van der Waals surface area contributed by atoms with Crippen LogP contribution in [0.15, 0.2) is 65.8 Å². The molecule has 1 N–H and O–H groups in total. The van der Waals surface area contributed by atoms with Gasteiger partial charge in [0.15, 0.2) is 10.9 Å². The van der Waals surface area contributed by atoms with Crippen LogP contribution in [-0.4, -0.2) is 31.2 Å². The first kappa shape index (κ1) is 19.1. The molecule has 0 spiro atoms. The lowest BCUT2D eigenvalue weighted by atomic mass is 9.96. The Bertz CT molecular complexity index is 1380. The quantitative estimate of drug-likeness (QED) is 0.301. The average Bonchev–Trinajstić information content (AvgIpc) is 3.45. The molecule has 1 fully saturated rings. The van der Waals surface area contributed by atoms with Crippen molar-refractivity contribution in [2.24, 2.45) is 0 Å². The fraction of sp³-hybridized carbons (Fsp3) is 0.0909. The fourth-order valence-electron chi connectivity index (χ4n) is 3.88. The van der Waals surface area contributed by atoms with Gasteiger partial charge in [0.2, 0.25) is 0 Å². The molecule has 1 aromatic carbocycles. The number of nitrogens with zero attached hydrogens (tertiary/aromatic N) is 4. The highest BCUT2D eigenvalue weighted by molar-refractivity contribution is 7.14. The van der Waals surface area contributed by atoms with Crippen LogP contribution in [-0.2, 0) is 9.59 Å². The van der Waals surface area contributed by atoms with Crippen LogP contribution in [0.4, 0.5) is 9.52 Å². The molecule has 9 heteroatoms. The molecular formula is C22H15FN4O3S. The van der Waals surface area contributed by atoms with E-state index in [0.717, 1.165) is 16.2 Å². The lowest BCUT2D eigenvalue weighted by Crippen LogP contribution is -2.29. The van der Waals surface area contributed by atoms with Gasteiger partial charge in [0.25, 0.3) is 5.78 Å². The maximum Gasteiger partial charge on any atom is 0.301 e. The number of pyridine rings is 1. The summed E-state index contributed by atoms with van der Waals surface area (Å²) in [5.41, 5.74) is 1.19. The minimum atomic E-state index is -1.17. The van der Waals surface area contributed by atoms with E-state index in [0.29, 0.717) is 11.3 Å². The van der Waals surface area contributed by atoms with E-state index >= 15 is 0 Å². The number of benzene rings is 1. The van der Waals surface area contributed by atoms with Gasteiger partial charge in [-0.2, -0.15) is 0 Å². The minimum absolute atomic E-state index is 0.0879. The molecule has 1 unspecified atom stereocenters. The van der Waals surface area contributed by atoms with E-state index in [4.69, 9.17) is 0 Å². The number of aromatic nitrogens is 3. The Kier molecular flexibility index (Phi) is 4.40.